The third-order valence-corrected chi connectivity index (χ3v) is 4.63. The van der Waals surface area contributed by atoms with Crippen LogP contribution in [0.5, 0.6) is 0 Å². The molecule has 2 aromatic rings. The van der Waals surface area contributed by atoms with Gasteiger partial charge in [-0.15, -0.1) is 11.3 Å². The molecule has 5 heteroatoms. The number of anilines is 1. The molecule has 1 aromatic heterocycles. The molecule has 1 amide bonds. The molecule has 0 saturated carbocycles. The zero-order chi connectivity index (χ0) is 14.8. The van der Waals surface area contributed by atoms with Gasteiger partial charge in [0, 0.05) is 16.6 Å². The zero-order valence-corrected chi connectivity index (χ0v) is 13.0. The highest BCUT2D eigenvalue weighted by atomic mass is 32.1. The van der Waals surface area contributed by atoms with E-state index in [2.05, 4.69) is 22.5 Å². The molecule has 2 N–H and O–H groups in total. The van der Waals surface area contributed by atoms with E-state index in [0.717, 1.165) is 34.9 Å². The second-order valence-electron chi connectivity index (χ2n) is 5.52. The summed E-state index contributed by atoms with van der Waals surface area (Å²) in [7, 11) is 0. The predicted molar refractivity (Wildman–Crippen MR) is 86.5 cm³/mol. The highest BCUT2D eigenvalue weighted by molar-refractivity contribution is 7.09. The number of thiazole rings is 1. The highest BCUT2D eigenvalue weighted by Crippen LogP contribution is 2.24. The lowest BCUT2D eigenvalue weighted by Crippen LogP contribution is -2.39. The van der Waals surface area contributed by atoms with Gasteiger partial charge in [0.25, 0.3) is 0 Å². The highest BCUT2D eigenvalue weighted by Gasteiger charge is 2.29. The molecule has 3 rings (SSSR count). The average Bonchev–Trinajstić information content (AvgIpc) is 3.08. The lowest BCUT2D eigenvalue weighted by Gasteiger charge is -2.15. The van der Waals surface area contributed by atoms with E-state index in [4.69, 9.17) is 0 Å². The monoisotopic (exact) mass is 301 g/mol. The number of aromatic nitrogens is 1. The number of hydrogen-bond acceptors (Lipinski definition) is 4. The van der Waals surface area contributed by atoms with Crippen molar-refractivity contribution in [3.05, 3.63) is 34.7 Å². The third-order valence-electron chi connectivity index (χ3n) is 3.86. The number of carbonyl (C=O) groups is 1. The van der Waals surface area contributed by atoms with E-state index in [-0.39, 0.29) is 11.9 Å². The van der Waals surface area contributed by atoms with Gasteiger partial charge in [0.05, 0.1) is 16.7 Å². The molecular formula is C16H19N3OS. The van der Waals surface area contributed by atoms with E-state index in [0.29, 0.717) is 5.92 Å². The van der Waals surface area contributed by atoms with Crippen molar-refractivity contribution in [2.75, 3.05) is 11.9 Å². The van der Waals surface area contributed by atoms with Crippen LogP contribution in [0, 0.1) is 12.8 Å². The SMILES string of the molecule is Cc1nc(-c2cccc(NC(=O)C3NCCC3C)c2)cs1. The van der Waals surface area contributed by atoms with Crippen LogP contribution in [-0.4, -0.2) is 23.5 Å². The van der Waals surface area contributed by atoms with Gasteiger partial charge in [-0.25, -0.2) is 4.98 Å². The molecule has 1 aliphatic heterocycles. The van der Waals surface area contributed by atoms with Crippen molar-refractivity contribution in [3.63, 3.8) is 0 Å². The first-order valence-electron chi connectivity index (χ1n) is 7.20. The maximum Gasteiger partial charge on any atom is 0.241 e. The van der Waals surface area contributed by atoms with E-state index in [1.54, 1.807) is 11.3 Å². The minimum atomic E-state index is -0.0878. The van der Waals surface area contributed by atoms with Crippen LogP contribution in [0.2, 0.25) is 0 Å². The van der Waals surface area contributed by atoms with Crippen molar-refractivity contribution < 1.29 is 4.79 Å². The van der Waals surface area contributed by atoms with Gasteiger partial charge < -0.3 is 10.6 Å². The number of amides is 1. The standard InChI is InChI=1S/C16H19N3OS/c1-10-6-7-17-15(10)16(20)19-13-5-3-4-12(8-13)14-9-21-11(2)18-14/h3-5,8-10,15,17H,6-7H2,1-2H3,(H,19,20). The van der Waals surface area contributed by atoms with Gasteiger partial charge in [0.1, 0.15) is 0 Å². The molecule has 2 heterocycles. The molecule has 0 bridgehead atoms. The van der Waals surface area contributed by atoms with Crippen LogP contribution < -0.4 is 10.6 Å². The summed E-state index contributed by atoms with van der Waals surface area (Å²) in [5.41, 5.74) is 2.81. The van der Waals surface area contributed by atoms with Crippen LogP contribution in [0.15, 0.2) is 29.6 Å². The van der Waals surface area contributed by atoms with Gasteiger partial charge in [0.2, 0.25) is 5.91 Å². The van der Waals surface area contributed by atoms with Gasteiger partial charge in [0.15, 0.2) is 0 Å². The lowest BCUT2D eigenvalue weighted by atomic mass is 10.0. The topological polar surface area (TPSA) is 54.0 Å². The van der Waals surface area contributed by atoms with Gasteiger partial charge >= 0.3 is 0 Å². The van der Waals surface area contributed by atoms with Crippen molar-refractivity contribution >= 4 is 22.9 Å². The third kappa shape index (κ3) is 3.14. The fraction of sp³-hybridized carbons (Fsp3) is 0.375. The van der Waals surface area contributed by atoms with E-state index in [1.165, 1.54) is 0 Å². The summed E-state index contributed by atoms with van der Waals surface area (Å²) >= 11 is 1.63. The van der Waals surface area contributed by atoms with E-state index >= 15 is 0 Å². The van der Waals surface area contributed by atoms with E-state index in [9.17, 15) is 4.79 Å². The quantitative estimate of drug-likeness (QED) is 0.916. The Bertz CT molecular complexity index is 652. The lowest BCUT2D eigenvalue weighted by molar-refractivity contribution is -0.118. The molecule has 1 aromatic carbocycles. The number of benzene rings is 1. The van der Waals surface area contributed by atoms with Crippen molar-refractivity contribution in [2.45, 2.75) is 26.3 Å². The van der Waals surface area contributed by atoms with E-state index < -0.39 is 0 Å². The van der Waals surface area contributed by atoms with Gasteiger partial charge in [-0.1, -0.05) is 19.1 Å². The molecule has 0 aliphatic carbocycles. The van der Waals surface area contributed by atoms with Gasteiger partial charge in [-0.05, 0) is 37.9 Å². The molecule has 4 nitrogen and oxygen atoms in total. The summed E-state index contributed by atoms with van der Waals surface area (Å²) in [4.78, 5) is 16.8. The Morgan fingerprint density at radius 2 is 2.33 bits per heavy atom. The van der Waals surface area contributed by atoms with E-state index in [1.807, 2.05) is 36.6 Å². The number of carbonyl (C=O) groups excluding carboxylic acids is 1. The molecule has 21 heavy (non-hydrogen) atoms. The van der Waals surface area contributed by atoms with Gasteiger partial charge in [-0.3, -0.25) is 4.79 Å². The van der Waals surface area contributed by atoms with Crippen molar-refractivity contribution in [1.82, 2.24) is 10.3 Å². The Morgan fingerprint density at radius 3 is 3.00 bits per heavy atom. The second-order valence-corrected chi connectivity index (χ2v) is 6.58. The van der Waals surface area contributed by atoms with Gasteiger partial charge in [-0.2, -0.15) is 0 Å². The average molecular weight is 301 g/mol. The molecule has 1 saturated heterocycles. The Kier molecular flexibility index (Phi) is 4.03. The Balaban J connectivity index is 1.76. The molecule has 0 spiro atoms. The first-order valence-corrected chi connectivity index (χ1v) is 8.08. The first kappa shape index (κ1) is 14.2. The smallest absolute Gasteiger partial charge is 0.241 e. The summed E-state index contributed by atoms with van der Waals surface area (Å²) < 4.78 is 0. The summed E-state index contributed by atoms with van der Waals surface area (Å²) in [6.45, 7) is 5.02. The molecule has 0 radical (unpaired) electrons. The van der Waals surface area contributed by atoms with Crippen molar-refractivity contribution in [3.8, 4) is 11.3 Å². The number of aryl methyl sites for hydroxylation is 1. The number of nitrogens with zero attached hydrogens (tertiary/aromatic N) is 1. The van der Waals surface area contributed by atoms with Crippen LogP contribution in [0.4, 0.5) is 5.69 Å². The van der Waals surface area contributed by atoms with Crippen LogP contribution in [0.1, 0.15) is 18.4 Å². The largest absolute Gasteiger partial charge is 0.325 e. The molecule has 2 unspecified atom stereocenters. The maximum absolute atomic E-state index is 12.3. The molecule has 1 fully saturated rings. The minimum absolute atomic E-state index is 0.0478. The number of nitrogens with one attached hydrogen (secondary N) is 2. The summed E-state index contributed by atoms with van der Waals surface area (Å²) in [5.74, 6) is 0.431. The number of rotatable bonds is 3. The molecule has 1 aliphatic rings. The van der Waals surface area contributed by atoms with Crippen LogP contribution in [0.3, 0.4) is 0 Å². The van der Waals surface area contributed by atoms with Crippen LogP contribution in [0.25, 0.3) is 11.3 Å². The van der Waals surface area contributed by atoms with Crippen LogP contribution in [-0.2, 0) is 4.79 Å². The fourth-order valence-corrected chi connectivity index (χ4v) is 3.28. The normalized spacial score (nSPS) is 21.4. The predicted octanol–water partition coefficient (Wildman–Crippen LogP) is 3.06. The summed E-state index contributed by atoms with van der Waals surface area (Å²) in [6.07, 6.45) is 1.05. The second kappa shape index (κ2) is 5.95. The molecule has 2 atom stereocenters. The first-order chi connectivity index (χ1) is 10.1. The molecular weight excluding hydrogens is 282 g/mol. The fourth-order valence-electron chi connectivity index (χ4n) is 2.66. The number of hydrogen-bond donors (Lipinski definition) is 2. The van der Waals surface area contributed by atoms with Crippen molar-refractivity contribution in [2.24, 2.45) is 5.92 Å². The summed E-state index contributed by atoms with van der Waals surface area (Å²) in [5, 5.41) is 9.34. The van der Waals surface area contributed by atoms with Crippen LogP contribution >= 0.6 is 11.3 Å². The molecule has 110 valence electrons. The minimum Gasteiger partial charge on any atom is -0.325 e. The summed E-state index contributed by atoms with van der Waals surface area (Å²) in [6, 6.07) is 7.77. The maximum atomic E-state index is 12.3. The zero-order valence-electron chi connectivity index (χ0n) is 12.2. The van der Waals surface area contributed by atoms with Crippen molar-refractivity contribution in [1.29, 1.82) is 0 Å². The Morgan fingerprint density at radius 1 is 1.48 bits per heavy atom. The Labute approximate surface area is 128 Å². The Hall–Kier alpha value is -1.72.